The lowest BCUT2D eigenvalue weighted by atomic mass is 10.0. The molecular formula is C20H28F6N2O6S. The van der Waals surface area contributed by atoms with E-state index in [1.807, 2.05) is 11.3 Å². The molecule has 3 rings (SSSR count). The van der Waals surface area contributed by atoms with E-state index in [1.165, 1.54) is 4.88 Å². The van der Waals surface area contributed by atoms with Crippen molar-refractivity contribution in [2.24, 2.45) is 0 Å². The van der Waals surface area contributed by atoms with Crippen LogP contribution in [0.25, 0.3) is 0 Å². The first kappa shape index (κ1) is 31.1. The summed E-state index contributed by atoms with van der Waals surface area (Å²) < 4.78 is 75.5. The molecule has 1 aromatic rings. The maximum absolute atomic E-state index is 10.6. The predicted octanol–water partition coefficient (Wildman–Crippen LogP) is 3.33. The maximum atomic E-state index is 10.6. The van der Waals surface area contributed by atoms with Gasteiger partial charge in [-0.25, -0.2) is 9.59 Å². The Hall–Kier alpha value is -1.94. The van der Waals surface area contributed by atoms with E-state index in [0.717, 1.165) is 52.5 Å². The molecule has 2 aliphatic heterocycles. The molecule has 0 amide bonds. The summed E-state index contributed by atoms with van der Waals surface area (Å²) in [6, 6.07) is 4.89. The molecule has 0 saturated carbocycles. The lowest BCUT2D eigenvalue weighted by molar-refractivity contribution is -0.193. The fraction of sp³-hybridized carbons (Fsp3) is 0.700. The molecule has 1 atom stereocenters. The van der Waals surface area contributed by atoms with E-state index < -0.39 is 24.3 Å². The summed E-state index contributed by atoms with van der Waals surface area (Å²) in [6.07, 6.45) is -10.2. The smallest absolute Gasteiger partial charge is 0.475 e. The van der Waals surface area contributed by atoms with Gasteiger partial charge in [0, 0.05) is 43.6 Å². The molecule has 2 aliphatic rings. The van der Waals surface area contributed by atoms with Gasteiger partial charge >= 0.3 is 24.3 Å². The van der Waals surface area contributed by atoms with Gasteiger partial charge in [-0.2, -0.15) is 26.3 Å². The van der Waals surface area contributed by atoms with Gasteiger partial charge in [0.2, 0.25) is 0 Å². The van der Waals surface area contributed by atoms with E-state index in [9.17, 15) is 26.3 Å². The third-order valence-electron chi connectivity index (χ3n) is 4.88. The Morgan fingerprint density at radius 3 is 2.09 bits per heavy atom. The van der Waals surface area contributed by atoms with Crippen LogP contribution in [-0.4, -0.2) is 102 Å². The molecule has 0 aliphatic carbocycles. The molecule has 1 spiro atoms. The zero-order valence-corrected chi connectivity index (χ0v) is 19.9. The molecular weight excluding hydrogens is 510 g/mol. The summed E-state index contributed by atoms with van der Waals surface area (Å²) in [4.78, 5) is 24.2. The number of nitrogens with zero attached hydrogens (tertiary/aromatic N) is 2. The number of carboxylic acids is 2. The average Bonchev–Trinajstić information content (AvgIpc) is 3.14. The highest BCUT2D eigenvalue weighted by molar-refractivity contribution is 7.09. The topological polar surface area (TPSA) is 99.5 Å². The van der Waals surface area contributed by atoms with E-state index >= 15 is 0 Å². The highest BCUT2D eigenvalue weighted by atomic mass is 32.1. The van der Waals surface area contributed by atoms with Crippen LogP contribution in [0.2, 0.25) is 0 Å². The fourth-order valence-corrected chi connectivity index (χ4v) is 3.99. The van der Waals surface area contributed by atoms with Gasteiger partial charge in [0.15, 0.2) is 0 Å². The lowest BCUT2D eigenvalue weighted by Gasteiger charge is -2.44. The monoisotopic (exact) mass is 538 g/mol. The fourth-order valence-electron chi connectivity index (χ4n) is 3.24. The summed E-state index contributed by atoms with van der Waals surface area (Å²) >= 11 is 1.84. The van der Waals surface area contributed by atoms with Gasteiger partial charge in [0.1, 0.15) is 5.60 Å². The molecule has 2 saturated heterocycles. The molecule has 3 heterocycles. The zero-order chi connectivity index (χ0) is 26.9. The van der Waals surface area contributed by atoms with Crippen molar-refractivity contribution in [1.29, 1.82) is 0 Å². The van der Waals surface area contributed by atoms with Crippen LogP contribution in [0.4, 0.5) is 26.3 Å². The van der Waals surface area contributed by atoms with E-state index in [1.54, 1.807) is 0 Å². The van der Waals surface area contributed by atoms with Crippen molar-refractivity contribution in [3.63, 3.8) is 0 Å². The molecule has 35 heavy (non-hydrogen) atoms. The van der Waals surface area contributed by atoms with Gasteiger partial charge in [-0.3, -0.25) is 9.80 Å². The molecule has 1 aromatic heterocycles. The van der Waals surface area contributed by atoms with E-state index in [4.69, 9.17) is 29.3 Å². The number of carboxylic acid groups (broad SMARTS) is 2. The van der Waals surface area contributed by atoms with Gasteiger partial charge in [-0.15, -0.1) is 11.3 Å². The Labute approximate surface area is 202 Å². The summed E-state index contributed by atoms with van der Waals surface area (Å²) in [5, 5.41) is 16.4. The van der Waals surface area contributed by atoms with Crippen molar-refractivity contribution in [2.45, 2.75) is 44.4 Å². The quantitative estimate of drug-likeness (QED) is 0.566. The molecule has 2 N–H and O–H groups in total. The van der Waals surface area contributed by atoms with Gasteiger partial charge in [0.25, 0.3) is 0 Å². The number of morpholine rings is 1. The SMILES string of the molecule is CC(C)N1CCOCC2(CN(Cc3cccs3)CCO2)C1.O=C(O)C(F)(F)F.O=C(O)C(F)(F)F. The molecule has 0 bridgehead atoms. The Morgan fingerprint density at radius 2 is 1.63 bits per heavy atom. The van der Waals surface area contributed by atoms with Crippen molar-refractivity contribution >= 4 is 23.3 Å². The summed E-state index contributed by atoms with van der Waals surface area (Å²) in [7, 11) is 0. The number of hydrogen-bond donors (Lipinski definition) is 2. The van der Waals surface area contributed by atoms with Gasteiger partial charge in [-0.05, 0) is 25.3 Å². The first-order valence-electron chi connectivity index (χ1n) is 10.4. The number of aliphatic carboxylic acids is 2. The third-order valence-corrected chi connectivity index (χ3v) is 5.74. The largest absolute Gasteiger partial charge is 0.490 e. The van der Waals surface area contributed by atoms with Crippen LogP contribution in [-0.2, 0) is 25.6 Å². The number of thiophene rings is 1. The molecule has 8 nitrogen and oxygen atoms in total. The number of hydrogen-bond acceptors (Lipinski definition) is 7. The Morgan fingerprint density at radius 1 is 1.06 bits per heavy atom. The molecule has 15 heteroatoms. The van der Waals surface area contributed by atoms with Crippen LogP contribution in [0.1, 0.15) is 18.7 Å². The summed E-state index contributed by atoms with van der Waals surface area (Å²) in [5.74, 6) is -5.51. The first-order valence-corrected chi connectivity index (χ1v) is 11.2. The number of rotatable bonds is 3. The van der Waals surface area contributed by atoms with E-state index in [0.29, 0.717) is 6.04 Å². The van der Waals surface area contributed by atoms with Gasteiger partial charge in [0.05, 0.1) is 19.8 Å². The van der Waals surface area contributed by atoms with Crippen LogP contribution in [0, 0.1) is 0 Å². The second-order valence-electron chi connectivity index (χ2n) is 8.04. The number of halogens is 6. The molecule has 2 fully saturated rings. The minimum absolute atomic E-state index is 0.156. The van der Waals surface area contributed by atoms with E-state index in [-0.39, 0.29) is 5.60 Å². The van der Waals surface area contributed by atoms with Crippen LogP contribution < -0.4 is 0 Å². The predicted molar refractivity (Wildman–Crippen MR) is 113 cm³/mol. The van der Waals surface area contributed by atoms with Gasteiger partial charge < -0.3 is 19.7 Å². The second kappa shape index (κ2) is 13.4. The third kappa shape index (κ3) is 11.6. The highest BCUT2D eigenvalue weighted by Crippen LogP contribution is 2.25. The minimum atomic E-state index is -5.08. The van der Waals surface area contributed by atoms with Crippen molar-refractivity contribution in [1.82, 2.24) is 9.80 Å². The summed E-state index contributed by atoms with van der Waals surface area (Å²) in [6.45, 7) is 11.8. The normalized spacial score (nSPS) is 22.0. The molecule has 202 valence electrons. The Bertz CT molecular complexity index is 766. The average molecular weight is 539 g/mol. The van der Waals surface area contributed by atoms with Crippen molar-refractivity contribution in [3.05, 3.63) is 22.4 Å². The number of ether oxygens (including phenoxy) is 2. The molecule has 0 aromatic carbocycles. The van der Waals surface area contributed by atoms with Crippen LogP contribution in [0.15, 0.2) is 17.5 Å². The number of carbonyl (C=O) groups is 2. The van der Waals surface area contributed by atoms with Gasteiger partial charge in [-0.1, -0.05) is 6.07 Å². The Kier molecular flexibility index (Phi) is 11.9. The van der Waals surface area contributed by atoms with Crippen LogP contribution in [0.3, 0.4) is 0 Å². The number of alkyl halides is 6. The lowest BCUT2D eigenvalue weighted by Crippen LogP contribution is -2.59. The minimum Gasteiger partial charge on any atom is -0.475 e. The van der Waals surface area contributed by atoms with Crippen molar-refractivity contribution in [2.75, 3.05) is 46.0 Å². The second-order valence-corrected chi connectivity index (χ2v) is 9.08. The zero-order valence-electron chi connectivity index (χ0n) is 19.1. The standard InChI is InChI=1S/C16H26N2O2S.2C2HF3O2/c1-14(2)18-6-7-19-13-16(12-18)11-17(5-8-20-16)10-15-4-3-9-21-15;2*3-2(4,5)1(6)7/h3-4,9,14H,5-8,10-13H2,1-2H3;2*(H,6,7). The highest BCUT2D eigenvalue weighted by Gasteiger charge is 2.41. The summed E-state index contributed by atoms with van der Waals surface area (Å²) in [5.41, 5.74) is -0.156. The maximum Gasteiger partial charge on any atom is 0.490 e. The van der Waals surface area contributed by atoms with Crippen molar-refractivity contribution in [3.8, 4) is 0 Å². The molecule has 1 unspecified atom stereocenters. The van der Waals surface area contributed by atoms with E-state index in [2.05, 4.69) is 41.2 Å². The van der Waals surface area contributed by atoms with Crippen LogP contribution >= 0.6 is 11.3 Å². The first-order chi connectivity index (χ1) is 16.1. The van der Waals surface area contributed by atoms with Crippen molar-refractivity contribution < 1.29 is 55.6 Å². The molecule has 0 radical (unpaired) electrons. The Balaban J connectivity index is 0.000000362. The van der Waals surface area contributed by atoms with Crippen LogP contribution in [0.5, 0.6) is 0 Å².